The summed E-state index contributed by atoms with van der Waals surface area (Å²) in [6, 6.07) is 0. The molecule has 2 rings (SSSR count). The van der Waals surface area contributed by atoms with Gasteiger partial charge in [0.25, 0.3) is 0 Å². The number of hydrogen-bond donors (Lipinski definition) is 7. The highest BCUT2D eigenvalue weighted by atomic mass is 16.7. The highest BCUT2D eigenvalue weighted by Gasteiger charge is 2.47. The Kier molecular flexibility index (Phi) is 29.3. The minimum atomic E-state index is -1.76. The van der Waals surface area contributed by atoms with Gasteiger partial charge < -0.3 is 64.2 Å². The highest BCUT2D eigenvalue weighted by Crippen LogP contribution is 2.26. The monoisotopic (exact) mass is 865 g/mol. The third-order valence-electron chi connectivity index (χ3n) is 12.2. The molecule has 13 atom stereocenters. The highest BCUT2D eigenvalue weighted by molar-refractivity contribution is 5.70. The lowest BCUT2D eigenvalue weighted by molar-refractivity contribution is -0.332. The van der Waals surface area contributed by atoms with Crippen molar-refractivity contribution in [3.05, 3.63) is 0 Å². The normalized spacial score (nSPS) is 28.6. The molecule has 0 aromatic heterocycles. The van der Waals surface area contributed by atoms with Crippen LogP contribution < -0.4 is 0 Å². The Morgan fingerprint density at radius 3 is 1.42 bits per heavy atom. The number of ether oxygens (including phenoxy) is 6. The fraction of sp³-hybridized carbons (Fsp3) is 0.956. The van der Waals surface area contributed by atoms with E-state index in [2.05, 4.69) is 27.7 Å². The molecule has 0 spiro atoms. The van der Waals surface area contributed by atoms with Crippen LogP contribution in [0, 0.1) is 11.8 Å². The number of aliphatic hydroxyl groups is 7. The van der Waals surface area contributed by atoms with Gasteiger partial charge in [-0.1, -0.05) is 143 Å². The zero-order chi connectivity index (χ0) is 44.3. The summed E-state index contributed by atoms with van der Waals surface area (Å²) in [4.78, 5) is 25.6. The Morgan fingerprint density at radius 1 is 0.517 bits per heavy atom. The van der Waals surface area contributed by atoms with Crippen molar-refractivity contribution < 1.29 is 73.8 Å². The summed E-state index contributed by atoms with van der Waals surface area (Å²) in [5, 5.41) is 71.8. The zero-order valence-corrected chi connectivity index (χ0v) is 37.3. The van der Waals surface area contributed by atoms with Crippen LogP contribution in [0.5, 0.6) is 0 Å². The molecule has 354 valence electrons. The molecule has 2 heterocycles. The molecule has 2 aliphatic rings. The molecule has 60 heavy (non-hydrogen) atoms. The predicted molar refractivity (Wildman–Crippen MR) is 224 cm³/mol. The van der Waals surface area contributed by atoms with Crippen LogP contribution in [0.25, 0.3) is 0 Å². The molecule has 0 radical (unpaired) electrons. The van der Waals surface area contributed by atoms with Crippen LogP contribution in [0.3, 0.4) is 0 Å². The van der Waals surface area contributed by atoms with E-state index >= 15 is 0 Å². The fourth-order valence-corrected chi connectivity index (χ4v) is 7.46. The molecule has 0 aromatic rings. The van der Waals surface area contributed by atoms with E-state index in [0.717, 1.165) is 50.4 Å². The number of esters is 2. The van der Waals surface area contributed by atoms with Crippen molar-refractivity contribution in [1.82, 2.24) is 0 Å². The standard InChI is InChI=1S/C45H84O15/c1-5-31(3)23-19-15-11-7-9-13-17-21-25-36(47)55-28-33(58-37(48)26-22-18-14-10-8-12-16-20-24-32(4)6-2)29-56-44-43(54)41(52)39(50)35(60-44)30-57-45-42(53)40(51)38(49)34(27-46)59-45/h31-35,38-46,49-54H,5-30H2,1-4H3/t31?,32?,33?,34-,35-,38-,39-,40+,41+,42-,43-,44-,45-/m1/s1. The van der Waals surface area contributed by atoms with E-state index in [1.54, 1.807) is 0 Å². The summed E-state index contributed by atoms with van der Waals surface area (Å²) in [5.41, 5.74) is 0. The number of carbonyl (C=O) groups excluding carboxylic acids is 2. The summed E-state index contributed by atoms with van der Waals surface area (Å²) in [6.07, 6.45) is 5.88. The van der Waals surface area contributed by atoms with Crippen molar-refractivity contribution >= 4 is 11.9 Å². The molecule has 15 heteroatoms. The Hall–Kier alpha value is -1.50. The van der Waals surface area contributed by atoms with Gasteiger partial charge in [0.2, 0.25) is 0 Å². The minimum absolute atomic E-state index is 0.169. The van der Waals surface area contributed by atoms with Gasteiger partial charge in [0, 0.05) is 12.8 Å². The van der Waals surface area contributed by atoms with E-state index in [-0.39, 0.29) is 26.1 Å². The predicted octanol–water partition coefficient (Wildman–Crippen LogP) is 4.98. The Labute approximate surface area is 359 Å². The molecule has 15 nitrogen and oxygen atoms in total. The van der Waals surface area contributed by atoms with E-state index in [1.807, 2.05) is 0 Å². The van der Waals surface area contributed by atoms with E-state index in [9.17, 15) is 45.3 Å². The molecule has 0 saturated carbocycles. The smallest absolute Gasteiger partial charge is 0.306 e. The van der Waals surface area contributed by atoms with Crippen molar-refractivity contribution in [1.29, 1.82) is 0 Å². The first-order valence-corrected chi connectivity index (χ1v) is 23.4. The molecule has 7 N–H and O–H groups in total. The maximum atomic E-state index is 12.9. The first kappa shape index (κ1) is 54.6. The van der Waals surface area contributed by atoms with Crippen LogP contribution in [0.15, 0.2) is 0 Å². The largest absolute Gasteiger partial charge is 0.462 e. The van der Waals surface area contributed by atoms with Gasteiger partial charge in [-0.15, -0.1) is 0 Å². The molecule has 0 bridgehead atoms. The average Bonchev–Trinajstić information content (AvgIpc) is 3.24. The van der Waals surface area contributed by atoms with Gasteiger partial charge >= 0.3 is 11.9 Å². The minimum Gasteiger partial charge on any atom is -0.462 e. The van der Waals surface area contributed by atoms with Crippen LogP contribution in [0.2, 0.25) is 0 Å². The molecule has 2 aliphatic heterocycles. The lowest BCUT2D eigenvalue weighted by atomic mass is 9.98. The maximum absolute atomic E-state index is 12.9. The quantitative estimate of drug-likeness (QED) is 0.0334. The SMILES string of the molecule is CCC(C)CCCCCCCCCCC(=O)OCC(CO[C@@H]1O[C@H](CO[C@@H]2O[C@H](CO)[C@@H](O)[C@H](O)[C@H]2O)[C@@H](O)[C@H](O)[C@H]1O)OC(=O)CCCCCCCCCCC(C)CC. The summed E-state index contributed by atoms with van der Waals surface area (Å²) in [6.45, 7) is 7.19. The van der Waals surface area contributed by atoms with E-state index in [4.69, 9.17) is 28.4 Å². The van der Waals surface area contributed by atoms with Gasteiger partial charge in [0.15, 0.2) is 18.7 Å². The van der Waals surface area contributed by atoms with Crippen molar-refractivity contribution in [3.63, 3.8) is 0 Å². The van der Waals surface area contributed by atoms with Crippen LogP contribution in [-0.2, 0) is 38.0 Å². The van der Waals surface area contributed by atoms with E-state index < -0.39 is 92.7 Å². The van der Waals surface area contributed by atoms with Crippen molar-refractivity contribution in [2.75, 3.05) is 26.4 Å². The lowest BCUT2D eigenvalue weighted by Gasteiger charge is -2.42. The van der Waals surface area contributed by atoms with Gasteiger partial charge in [-0.2, -0.15) is 0 Å². The number of hydrogen-bond acceptors (Lipinski definition) is 15. The number of rotatable bonds is 34. The van der Waals surface area contributed by atoms with E-state index in [0.29, 0.717) is 12.8 Å². The van der Waals surface area contributed by atoms with Gasteiger partial charge in [-0.25, -0.2) is 0 Å². The van der Waals surface area contributed by atoms with Crippen LogP contribution in [0.1, 0.15) is 169 Å². The third-order valence-corrected chi connectivity index (χ3v) is 12.2. The molecule has 0 aromatic carbocycles. The summed E-state index contributed by atoms with van der Waals surface area (Å²) < 4.78 is 33.5. The second-order valence-corrected chi connectivity index (χ2v) is 17.4. The maximum Gasteiger partial charge on any atom is 0.306 e. The zero-order valence-electron chi connectivity index (χ0n) is 37.3. The van der Waals surface area contributed by atoms with Crippen molar-refractivity contribution in [2.24, 2.45) is 11.8 Å². The Bertz CT molecular complexity index is 1100. The second-order valence-electron chi connectivity index (χ2n) is 17.4. The number of aliphatic hydroxyl groups excluding tert-OH is 7. The molecule has 2 saturated heterocycles. The second kappa shape index (κ2) is 32.2. The fourth-order valence-electron chi connectivity index (χ4n) is 7.46. The average molecular weight is 865 g/mol. The molecular formula is C45H84O15. The van der Waals surface area contributed by atoms with Crippen LogP contribution >= 0.6 is 0 Å². The summed E-state index contributed by atoms with van der Waals surface area (Å²) >= 11 is 0. The molecule has 0 amide bonds. The summed E-state index contributed by atoms with van der Waals surface area (Å²) in [7, 11) is 0. The topological polar surface area (TPSA) is 231 Å². The van der Waals surface area contributed by atoms with Crippen LogP contribution in [0.4, 0.5) is 0 Å². The third kappa shape index (κ3) is 21.7. The number of carbonyl (C=O) groups is 2. The van der Waals surface area contributed by atoms with E-state index in [1.165, 1.54) is 77.0 Å². The molecule has 2 fully saturated rings. The molecule has 0 aliphatic carbocycles. The van der Waals surface area contributed by atoms with Crippen LogP contribution in [-0.4, -0.2) is 142 Å². The number of unbranched alkanes of at least 4 members (excludes halogenated alkanes) is 14. The summed E-state index contributed by atoms with van der Waals surface area (Å²) in [5.74, 6) is 0.659. The Balaban J connectivity index is 1.86. The molecular weight excluding hydrogens is 780 g/mol. The van der Waals surface area contributed by atoms with Gasteiger partial charge in [-0.05, 0) is 24.7 Å². The lowest BCUT2D eigenvalue weighted by Crippen LogP contribution is -2.61. The Morgan fingerprint density at radius 2 is 0.933 bits per heavy atom. The van der Waals surface area contributed by atoms with Gasteiger partial charge in [-0.3, -0.25) is 9.59 Å². The van der Waals surface area contributed by atoms with Gasteiger partial charge in [0.1, 0.15) is 55.4 Å². The van der Waals surface area contributed by atoms with Crippen molar-refractivity contribution in [3.8, 4) is 0 Å². The van der Waals surface area contributed by atoms with Gasteiger partial charge in [0.05, 0.1) is 19.8 Å². The first-order valence-electron chi connectivity index (χ1n) is 23.4. The van der Waals surface area contributed by atoms with Crippen molar-refractivity contribution in [2.45, 2.75) is 236 Å². The first-order chi connectivity index (χ1) is 28.8. The molecule has 3 unspecified atom stereocenters.